The number of non-ortho nitro benzene ring substituents is 1. The van der Waals surface area contributed by atoms with Crippen LogP contribution in [0.4, 0.5) is 15.8 Å². The number of hydrogen-bond donors (Lipinski definition) is 1. The van der Waals surface area contributed by atoms with E-state index in [4.69, 9.17) is 21.1 Å². The summed E-state index contributed by atoms with van der Waals surface area (Å²) >= 11 is 6.35. The lowest BCUT2D eigenvalue weighted by Gasteiger charge is -2.15. The van der Waals surface area contributed by atoms with Gasteiger partial charge in [-0.15, -0.1) is 0 Å². The molecule has 0 saturated carbocycles. The number of halogens is 2. The Hall–Kier alpha value is -3.32. The van der Waals surface area contributed by atoms with Gasteiger partial charge in [-0.1, -0.05) is 35.9 Å². The topological polar surface area (TPSA) is 73.6 Å². The molecule has 0 spiro atoms. The van der Waals surface area contributed by atoms with Crippen LogP contribution < -0.4 is 14.8 Å². The van der Waals surface area contributed by atoms with E-state index in [1.54, 1.807) is 42.5 Å². The molecule has 0 aliphatic rings. The highest BCUT2D eigenvalue weighted by molar-refractivity contribution is 6.32. The van der Waals surface area contributed by atoms with E-state index in [0.717, 1.165) is 5.56 Å². The van der Waals surface area contributed by atoms with Gasteiger partial charge in [0.25, 0.3) is 5.69 Å². The molecule has 0 heterocycles. The second kappa shape index (κ2) is 9.25. The van der Waals surface area contributed by atoms with E-state index in [2.05, 4.69) is 5.32 Å². The van der Waals surface area contributed by atoms with Crippen LogP contribution in [0.3, 0.4) is 0 Å². The third kappa shape index (κ3) is 5.14. The van der Waals surface area contributed by atoms with Gasteiger partial charge in [-0.2, -0.15) is 0 Å². The largest absolute Gasteiger partial charge is 0.493 e. The molecule has 8 heteroatoms. The number of rotatable bonds is 8. The third-order valence-corrected chi connectivity index (χ3v) is 4.45. The molecule has 0 aliphatic heterocycles. The Balaban J connectivity index is 1.73. The summed E-state index contributed by atoms with van der Waals surface area (Å²) in [4.78, 5) is 10.4. The van der Waals surface area contributed by atoms with Crippen molar-refractivity contribution in [3.05, 3.63) is 92.7 Å². The van der Waals surface area contributed by atoms with E-state index in [0.29, 0.717) is 34.3 Å². The van der Waals surface area contributed by atoms with Gasteiger partial charge < -0.3 is 14.8 Å². The zero-order valence-electron chi connectivity index (χ0n) is 15.5. The van der Waals surface area contributed by atoms with Crippen LogP contribution in [0.2, 0.25) is 5.02 Å². The predicted molar refractivity (Wildman–Crippen MR) is 109 cm³/mol. The fraction of sp³-hybridized carbons (Fsp3) is 0.143. The highest BCUT2D eigenvalue weighted by atomic mass is 35.5. The Bertz CT molecular complexity index is 1030. The van der Waals surface area contributed by atoms with Crippen LogP contribution in [0, 0.1) is 15.9 Å². The normalized spacial score (nSPS) is 10.4. The van der Waals surface area contributed by atoms with Crippen molar-refractivity contribution >= 4 is 23.0 Å². The minimum atomic E-state index is -0.452. The molecule has 0 bridgehead atoms. The lowest BCUT2D eigenvalue weighted by molar-refractivity contribution is -0.384. The minimum absolute atomic E-state index is 0.00232. The molecule has 0 radical (unpaired) electrons. The van der Waals surface area contributed by atoms with Crippen LogP contribution in [0.25, 0.3) is 0 Å². The van der Waals surface area contributed by atoms with E-state index in [9.17, 15) is 14.5 Å². The van der Waals surface area contributed by atoms with Gasteiger partial charge in [0.1, 0.15) is 12.4 Å². The van der Waals surface area contributed by atoms with E-state index in [1.165, 1.54) is 25.3 Å². The fourth-order valence-corrected chi connectivity index (χ4v) is 3.00. The van der Waals surface area contributed by atoms with Crippen molar-refractivity contribution in [1.82, 2.24) is 0 Å². The number of anilines is 1. The molecule has 6 nitrogen and oxygen atoms in total. The standard InChI is InChI=1S/C21H18ClFN2O4/c1-28-20-10-14(12-24-16-6-4-7-17(11-16)25(26)27)9-18(22)21(20)29-13-15-5-2-3-8-19(15)23/h2-11,24H,12-13H2,1H3. The summed E-state index contributed by atoms with van der Waals surface area (Å²) in [6, 6.07) is 16.0. The summed E-state index contributed by atoms with van der Waals surface area (Å²) in [5, 5.41) is 14.3. The van der Waals surface area contributed by atoms with Crippen molar-refractivity contribution < 1.29 is 18.8 Å². The molecule has 3 aromatic carbocycles. The number of nitrogens with zero attached hydrogens (tertiary/aromatic N) is 1. The van der Waals surface area contributed by atoms with Crippen molar-refractivity contribution in [3.63, 3.8) is 0 Å². The first kappa shape index (κ1) is 20.4. The van der Waals surface area contributed by atoms with Crippen LogP contribution >= 0.6 is 11.6 Å². The zero-order valence-corrected chi connectivity index (χ0v) is 16.3. The summed E-state index contributed by atoms with van der Waals surface area (Å²) in [6.45, 7) is 0.374. The third-order valence-electron chi connectivity index (χ3n) is 4.17. The van der Waals surface area contributed by atoms with Gasteiger partial charge in [0.2, 0.25) is 0 Å². The predicted octanol–water partition coefficient (Wildman–Crippen LogP) is 5.59. The van der Waals surface area contributed by atoms with Crippen LogP contribution in [0.15, 0.2) is 60.7 Å². The van der Waals surface area contributed by atoms with Crippen molar-refractivity contribution in [3.8, 4) is 11.5 Å². The first-order valence-electron chi connectivity index (χ1n) is 8.69. The number of nitro groups is 1. The first-order valence-corrected chi connectivity index (χ1v) is 9.06. The minimum Gasteiger partial charge on any atom is -0.493 e. The van der Waals surface area contributed by atoms with E-state index < -0.39 is 4.92 Å². The molecule has 0 fully saturated rings. The number of nitrogens with one attached hydrogen (secondary N) is 1. The Labute approximate surface area is 172 Å². The molecular formula is C21H18ClFN2O4. The summed E-state index contributed by atoms with van der Waals surface area (Å²) in [7, 11) is 1.49. The maximum absolute atomic E-state index is 13.8. The summed E-state index contributed by atoms with van der Waals surface area (Å²) in [5.74, 6) is 0.363. The van der Waals surface area contributed by atoms with Gasteiger partial charge in [-0.3, -0.25) is 10.1 Å². The van der Waals surface area contributed by atoms with Gasteiger partial charge in [-0.25, -0.2) is 4.39 Å². The molecule has 1 N–H and O–H groups in total. The Morgan fingerprint density at radius 2 is 1.93 bits per heavy atom. The lowest BCUT2D eigenvalue weighted by Crippen LogP contribution is -2.03. The van der Waals surface area contributed by atoms with Crippen molar-refractivity contribution in [2.75, 3.05) is 12.4 Å². The Kier molecular flexibility index (Phi) is 6.51. The maximum Gasteiger partial charge on any atom is 0.271 e. The number of methoxy groups -OCH3 is 1. The molecule has 0 unspecified atom stereocenters. The Morgan fingerprint density at radius 1 is 1.14 bits per heavy atom. The first-order chi connectivity index (χ1) is 14.0. The highest BCUT2D eigenvalue weighted by Gasteiger charge is 2.14. The van der Waals surface area contributed by atoms with Crippen LogP contribution in [-0.2, 0) is 13.2 Å². The van der Waals surface area contributed by atoms with E-state index >= 15 is 0 Å². The molecule has 0 saturated heterocycles. The molecule has 150 valence electrons. The molecule has 0 atom stereocenters. The molecule has 0 amide bonds. The number of hydrogen-bond acceptors (Lipinski definition) is 5. The van der Waals surface area contributed by atoms with Gasteiger partial charge in [0, 0.05) is 29.9 Å². The zero-order chi connectivity index (χ0) is 20.8. The van der Waals surface area contributed by atoms with Gasteiger partial charge in [0.15, 0.2) is 11.5 Å². The summed E-state index contributed by atoms with van der Waals surface area (Å²) in [5.41, 5.74) is 1.80. The fourth-order valence-electron chi connectivity index (χ4n) is 2.71. The smallest absolute Gasteiger partial charge is 0.271 e. The molecule has 3 rings (SSSR count). The Morgan fingerprint density at radius 3 is 2.66 bits per heavy atom. The lowest BCUT2D eigenvalue weighted by atomic mass is 10.2. The van der Waals surface area contributed by atoms with Crippen molar-refractivity contribution in [2.45, 2.75) is 13.2 Å². The molecule has 29 heavy (non-hydrogen) atoms. The average Bonchev–Trinajstić information content (AvgIpc) is 2.72. The second-order valence-corrected chi connectivity index (χ2v) is 6.56. The number of ether oxygens (including phenoxy) is 2. The van der Waals surface area contributed by atoms with Crippen molar-refractivity contribution in [1.29, 1.82) is 0 Å². The second-order valence-electron chi connectivity index (χ2n) is 6.15. The van der Waals surface area contributed by atoms with Gasteiger partial charge in [0.05, 0.1) is 17.1 Å². The number of nitro benzene ring substituents is 1. The molecule has 3 aromatic rings. The van der Waals surface area contributed by atoms with Crippen LogP contribution in [0.5, 0.6) is 11.5 Å². The SMILES string of the molecule is COc1cc(CNc2cccc([N+](=O)[O-])c2)cc(Cl)c1OCc1ccccc1F. The van der Waals surface area contributed by atoms with E-state index in [-0.39, 0.29) is 18.1 Å². The van der Waals surface area contributed by atoms with Gasteiger partial charge in [-0.05, 0) is 29.8 Å². The monoisotopic (exact) mass is 416 g/mol. The quantitative estimate of drug-likeness (QED) is 0.383. The average molecular weight is 417 g/mol. The summed E-state index contributed by atoms with van der Waals surface area (Å²) in [6.07, 6.45) is 0. The van der Waals surface area contributed by atoms with E-state index in [1.807, 2.05) is 0 Å². The van der Waals surface area contributed by atoms with Crippen LogP contribution in [-0.4, -0.2) is 12.0 Å². The summed E-state index contributed by atoms with van der Waals surface area (Å²) < 4.78 is 24.8. The van der Waals surface area contributed by atoms with Gasteiger partial charge >= 0.3 is 0 Å². The molecule has 0 aromatic heterocycles. The number of benzene rings is 3. The highest BCUT2D eigenvalue weighted by Crippen LogP contribution is 2.37. The van der Waals surface area contributed by atoms with Crippen molar-refractivity contribution in [2.24, 2.45) is 0 Å². The molecular weight excluding hydrogens is 399 g/mol. The molecule has 0 aliphatic carbocycles. The maximum atomic E-state index is 13.8. The van der Waals surface area contributed by atoms with Crippen LogP contribution in [0.1, 0.15) is 11.1 Å².